The lowest BCUT2D eigenvalue weighted by atomic mass is 9.87. The first-order valence-electron chi connectivity index (χ1n) is 8.60. The maximum atomic E-state index is 13.3. The van der Waals surface area contributed by atoms with Gasteiger partial charge < -0.3 is 19.5 Å². The number of rotatable bonds is 4. The quantitative estimate of drug-likeness (QED) is 0.739. The summed E-state index contributed by atoms with van der Waals surface area (Å²) < 4.78 is 16.6. The van der Waals surface area contributed by atoms with Crippen molar-refractivity contribution in [2.45, 2.75) is 5.92 Å². The average Bonchev–Trinajstić information content (AvgIpc) is 2.71. The summed E-state index contributed by atoms with van der Waals surface area (Å²) in [6.07, 6.45) is 0. The molecule has 0 fully saturated rings. The Kier molecular flexibility index (Phi) is 4.42. The van der Waals surface area contributed by atoms with Crippen molar-refractivity contribution in [1.29, 1.82) is 0 Å². The molecule has 1 amide bonds. The predicted octanol–water partition coefficient (Wildman–Crippen LogP) is 4.58. The lowest BCUT2D eigenvalue weighted by Crippen LogP contribution is -2.25. The fourth-order valence-electron chi connectivity index (χ4n) is 3.31. The van der Waals surface area contributed by atoms with Crippen LogP contribution < -0.4 is 19.5 Å². The Labute approximate surface area is 157 Å². The second-order valence-corrected chi connectivity index (χ2v) is 6.17. The second-order valence-electron chi connectivity index (χ2n) is 6.17. The van der Waals surface area contributed by atoms with Crippen LogP contribution in [0, 0.1) is 0 Å². The fraction of sp³-hybridized carbons (Fsp3) is 0.136. The number of methoxy groups -OCH3 is 2. The molecule has 0 saturated heterocycles. The summed E-state index contributed by atoms with van der Waals surface area (Å²) in [4.78, 5) is 13.3. The van der Waals surface area contributed by atoms with Gasteiger partial charge in [-0.1, -0.05) is 36.4 Å². The van der Waals surface area contributed by atoms with E-state index in [0.717, 1.165) is 11.1 Å². The number of carbonyl (C=O) groups excluding carboxylic acids is 1. The highest BCUT2D eigenvalue weighted by molar-refractivity contribution is 6.00. The number of fused-ring (bicyclic) bond motifs is 2. The third-order valence-electron chi connectivity index (χ3n) is 4.61. The van der Waals surface area contributed by atoms with Crippen LogP contribution in [0.2, 0.25) is 0 Å². The van der Waals surface area contributed by atoms with Crippen LogP contribution in [0.15, 0.2) is 66.7 Å². The molecule has 1 aliphatic rings. The van der Waals surface area contributed by atoms with Crippen molar-refractivity contribution >= 4 is 11.6 Å². The molecule has 0 unspecified atom stereocenters. The van der Waals surface area contributed by atoms with Crippen LogP contribution in [0.1, 0.15) is 17.0 Å². The minimum atomic E-state index is -0.484. The van der Waals surface area contributed by atoms with Gasteiger partial charge in [-0.3, -0.25) is 4.79 Å². The van der Waals surface area contributed by atoms with E-state index in [0.29, 0.717) is 28.7 Å². The molecular weight excluding hydrogens is 342 g/mol. The van der Waals surface area contributed by atoms with E-state index in [2.05, 4.69) is 5.32 Å². The highest BCUT2D eigenvalue weighted by Gasteiger charge is 2.32. The molecule has 5 heteroatoms. The molecule has 0 atom stereocenters. The van der Waals surface area contributed by atoms with Gasteiger partial charge in [-0.25, -0.2) is 0 Å². The van der Waals surface area contributed by atoms with E-state index < -0.39 is 5.92 Å². The molecule has 1 aliphatic heterocycles. The Bertz CT molecular complexity index is 954. The molecule has 0 spiro atoms. The largest absolute Gasteiger partial charge is 0.497 e. The van der Waals surface area contributed by atoms with Gasteiger partial charge in [-0.2, -0.15) is 0 Å². The molecule has 0 aromatic heterocycles. The lowest BCUT2D eigenvalue weighted by molar-refractivity contribution is -0.116. The first-order valence-corrected chi connectivity index (χ1v) is 8.60. The number of benzene rings is 3. The van der Waals surface area contributed by atoms with Crippen molar-refractivity contribution < 1.29 is 19.0 Å². The first kappa shape index (κ1) is 17.0. The zero-order chi connectivity index (χ0) is 18.8. The standard InChI is InChI=1S/C22H19NO4/c1-25-14-11-12-20(26-2)17(13-14)23-22(24)21-15-7-3-5-9-18(15)27-19-10-6-4-8-16(19)21/h3-13,21H,1-2H3,(H,23,24). The van der Waals surface area contributed by atoms with Gasteiger partial charge in [-0.05, 0) is 24.3 Å². The van der Waals surface area contributed by atoms with E-state index in [9.17, 15) is 4.79 Å². The molecule has 0 radical (unpaired) electrons. The van der Waals surface area contributed by atoms with E-state index >= 15 is 0 Å². The smallest absolute Gasteiger partial charge is 0.236 e. The Hall–Kier alpha value is -3.47. The van der Waals surface area contributed by atoms with Crippen molar-refractivity contribution in [2.24, 2.45) is 0 Å². The molecule has 3 aromatic carbocycles. The van der Waals surface area contributed by atoms with Crippen molar-refractivity contribution in [1.82, 2.24) is 0 Å². The fourth-order valence-corrected chi connectivity index (χ4v) is 3.31. The maximum absolute atomic E-state index is 13.3. The van der Waals surface area contributed by atoms with E-state index in [1.165, 1.54) is 0 Å². The summed E-state index contributed by atoms with van der Waals surface area (Å²) in [6, 6.07) is 20.5. The molecule has 0 aliphatic carbocycles. The molecule has 5 nitrogen and oxygen atoms in total. The van der Waals surface area contributed by atoms with Gasteiger partial charge in [0, 0.05) is 17.2 Å². The van der Waals surface area contributed by atoms with Gasteiger partial charge in [0.25, 0.3) is 0 Å². The minimum absolute atomic E-state index is 0.162. The summed E-state index contributed by atoms with van der Waals surface area (Å²) in [5.41, 5.74) is 2.22. The number of carbonyl (C=O) groups is 1. The van der Waals surface area contributed by atoms with Crippen molar-refractivity contribution in [3.05, 3.63) is 77.9 Å². The summed E-state index contributed by atoms with van der Waals surface area (Å²) >= 11 is 0. The van der Waals surface area contributed by atoms with Crippen LogP contribution in [0.25, 0.3) is 0 Å². The van der Waals surface area contributed by atoms with Gasteiger partial charge in [0.2, 0.25) is 5.91 Å². The number of hydrogen-bond acceptors (Lipinski definition) is 4. The Morgan fingerprint density at radius 1 is 0.889 bits per heavy atom. The molecule has 4 rings (SSSR count). The van der Waals surface area contributed by atoms with Crippen LogP contribution >= 0.6 is 0 Å². The van der Waals surface area contributed by atoms with Gasteiger partial charge in [0.15, 0.2) is 0 Å². The normalized spacial score (nSPS) is 12.4. The highest BCUT2D eigenvalue weighted by atomic mass is 16.5. The minimum Gasteiger partial charge on any atom is -0.497 e. The molecule has 27 heavy (non-hydrogen) atoms. The number of nitrogens with one attached hydrogen (secondary N) is 1. The predicted molar refractivity (Wildman–Crippen MR) is 103 cm³/mol. The van der Waals surface area contributed by atoms with Crippen LogP contribution in [0.4, 0.5) is 5.69 Å². The summed E-state index contributed by atoms with van der Waals surface area (Å²) in [6.45, 7) is 0. The summed E-state index contributed by atoms with van der Waals surface area (Å²) in [5, 5.41) is 2.99. The summed E-state index contributed by atoms with van der Waals surface area (Å²) in [7, 11) is 3.15. The lowest BCUT2D eigenvalue weighted by Gasteiger charge is -2.27. The van der Waals surface area contributed by atoms with E-state index in [1.54, 1.807) is 32.4 Å². The number of amides is 1. The average molecular weight is 361 g/mol. The molecule has 3 aromatic rings. The summed E-state index contributed by atoms with van der Waals surface area (Å²) in [5.74, 6) is 1.94. The Morgan fingerprint density at radius 3 is 2.11 bits per heavy atom. The van der Waals surface area contributed by atoms with E-state index in [4.69, 9.17) is 14.2 Å². The maximum Gasteiger partial charge on any atom is 0.236 e. The Balaban J connectivity index is 1.75. The topological polar surface area (TPSA) is 56.8 Å². The van der Waals surface area contributed by atoms with Crippen molar-refractivity contribution in [3.63, 3.8) is 0 Å². The van der Waals surface area contributed by atoms with Crippen molar-refractivity contribution in [2.75, 3.05) is 19.5 Å². The van der Waals surface area contributed by atoms with Crippen LogP contribution in [0.5, 0.6) is 23.0 Å². The van der Waals surface area contributed by atoms with Crippen molar-refractivity contribution in [3.8, 4) is 23.0 Å². The zero-order valence-electron chi connectivity index (χ0n) is 15.1. The third kappa shape index (κ3) is 3.08. The van der Waals surface area contributed by atoms with E-state index in [1.807, 2.05) is 48.5 Å². The number of hydrogen-bond donors (Lipinski definition) is 1. The first-order chi connectivity index (χ1) is 13.2. The second kappa shape index (κ2) is 7.03. The molecule has 1 N–H and O–H groups in total. The van der Waals surface area contributed by atoms with Gasteiger partial charge in [0.05, 0.1) is 25.8 Å². The number of anilines is 1. The van der Waals surface area contributed by atoms with Gasteiger partial charge in [-0.15, -0.1) is 0 Å². The molecular formula is C22H19NO4. The van der Waals surface area contributed by atoms with Gasteiger partial charge >= 0.3 is 0 Å². The third-order valence-corrected chi connectivity index (χ3v) is 4.61. The zero-order valence-corrected chi connectivity index (χ0v) is 15.1. The molecule has 0 bridgehead atoms. The number of ether oxygens (including phenoxy) is 3. The molecule has 136 valence electrons. The van der Waals surface area contributed by atoms with E-state index in [-0.39, 0.29) is 5.91 Å². The van der Waals surface area contributed by atoms with Crippen LogP contribution in [-0.2, 0) is 4.79 Å². The number of para-hydroxylation sites is 2. The highest BCUT2D eigenvalue weighted by Crippen LogP contribution is 2.44. The van der Waals surface area contributed by atoms with Crippen LogP contribution in [0.3, 0.4) is 0 Å². The van der Waals surface area contributed by atoms with Crippen LogP contribution in [-0.4, -0.2) is 20.1 Å². The Morgan fingerprint density at radius 2 is 1.52 bits per heavy atom. The molecule has 0 saturated carbocycles. The van der Waals surface area contributed by atoms with Gasteiger partial charge in [0.1, 0.15) is 23.0 Å². The molecule has 1 heterocycles. The SMILES string of the molecule is COc1ccc(OC)c(NC(=O)C2c3ccccc3Oc3ccccc32)c1. The monoisotopic (exact) mass is 361 g/mol.